The molecule has 1 amide bonds. The number of carboxylic acids is 1. The number of fused-ring (bicyclic) bond motifs is 1. The molecule has 0 bridgehead atoms. The van der Waals surface area contributed by atoms with Crippen LogP contribution in [0.15, 0.2) is 27.8 Å². The Kier molecular flexibility index (Phi) is 4.87. The molecular weight excluding hydrogens is 314 g/mol. The third-order valence-corrected chi connectivity index (χ3v) is 3.73. The Morgan fingerprint density at radius 3 is 2.50 bits per heavy atom. The van der Waals surface area contributed by atoms with Crippen molar-refractivity contribution in [3.05, 3.63) is 44.5 Å². The average molecular weight is 333 g/mol. The van der Waals surface area contributed by atoms with Gasteiger partial charge in [0.25, 0.3) is 5.91 Å². The summed E-state index contributed by atoms with van der Waals surface area (Å²) >= 11 is 0. The maximum Gasteiger partial charge on any atom is 0.323 e. The Morgan fingerprint density at radius 2 is 1.96 bits per heavy atom. The lowest BCUT2D eigenvalue weighted by molar-refractivity contribution is -0.138. The van der Waals surface area contributed by atoms with Crippen LogP contribution in [0.1, 0.15) is 31.1 Å². The molecule has 128 valence electrons. The van der Waals surface area contributed by atoms with Crippen molar-refractivity contribution in [1.29, 1.82) is 0 Å². The Morgan fingerprint density at radius 1 is 1.29 bits per heavy atom. The van der Waals surface area contributed by atoms with Gasteiger partial charge in [-0.15, -0.1) is 0 Å². The number of rotatable bonds is 5. The molecule has 0 aliphatic heterocycles. The lowest BCUT2D eigenvalue weighted by Crippen LogP contribution is -2.40. The van der Waals surface area contributed by atoms with E-state index in [-0.39, 0.29) is 11.6 Å². The van der Waals surface area contributed by atoms with Gasteiger partial charge in [-0.25, -0.2) is 0 Å². The highest BCUT2D eigenvalue weighted by Crippen LogP contribution is 2.15. The largest absolute Gasteiger partial charge is 0.480 e. The van der Waals surface area contributed by atoms with Crippen molar-refractivity contribution in [3.8, 4) is 0 Å². The van der Waals surface area contributed by atoms with E-state index < -0.39 is 29.5 Å². The Hall–Kier alpha value is -2.90. The molecule has 8 heteroatoms. The number of carbonyl (C=O) groups excluding carboxylic acids is 1. The van der Waals surface area contributed by atoms with Gasteiger partial charge in [-0.05, 0) is 39.0 Å². The molecule has 0 aliphatic carbocycles. The number of nitrogens with one attached hydrogen (secondary N) is 1. The first kappa shape index (κ1) is 17.5. The summed E-state index contributed by atoms with van der Waals surface area (Å²) in [5.74, 6) is -1.56. The first-order chi connectivity index (χ1) is 11.3. The molecule has 2 N–H and O–H groups in total. The first-order valence-corrected chi connectivity index (χ1v) is 7.55. The van der Waals surface area contributed by atoms with Crippen LogP contribution in [-0.2, 0) is 11.3 Å². The normalized spacial score (nSPS) is 11.0. The third kappa shape index (κ3) is 3.22. The zero-order valence-corrected chi connectivity index (χ0v) is 13.7. The standard InChI is InChI=1S/C16H19N3O5/c1-4-18-12-6-5-10(7-11(12)17-14(22)16(18)24)15(23)19(9(2)3)8-13(20)21/h5-7,9H,4,8H2,1-3H3,(H,17,22)(H,20,21). The molecule has 1 heterocycles. The number of aromatic nitrogens is 2. The number of carboxylic acid groups (broad SMARTS) is 1. The maximum absolute atomic E-state index is 12.6. The van der Waals surface area contributed by atoms with Gasteiger partial charge in [-0.3, -0.25) is 19.2 Å². The number of nitrogens with zero attached hydrogens (tertiary/aromatic N) is 2. The summed E-state index contributed by atoms with van der Waals surface area (Å²) in [6.07, 6.45) is 0. The van der Waals surface area contributed by atoms with Crippen molar-refractivity contribution in [2.45, 2.75) is 33.4 Å². The topological polar surface area (TPSA) is 112 Å². The number of aromatic amines is 1. The Labute approximate surface area is 137 Å². The predicted octanol–water partition coefficient (Wildman–Crippen LogP) is 0.645. The number of amides is 1. The van der Waals surface area contributed by atoms with Gasteiger partial charge in [-0.1, -0.05) is 0 Å². The smallest absolute Gasteiger partial charge is 0.323 e. The fraction of sp³-hybridized carbons (Fsp3) is 0.375. The van der Waals surface area contributed by atoms with Gasteiger partial charge in [0.05, 0.1) is 11.0 Å². The number of hydrogen-bond acceptors (Lipinski definition) is 4. The van der Waals surface area contributed by atoms with E-state index in [9.17, 15) is 19.2 Å². The second-order valence-electron chi connectivity index (χ2n) is 5.66. The van der Waals surface area contributed by atoms with Crippen LogP contribution in [0.5, 0.6) is 0 Å². The van der Waals surface area contributed by atoms with Gasteiger partial charge < -0.3 is 19.6 Å². The minimum atomic E-state index is -1.11. The van der Waals surface area contributed by atoms with E-state index in [0.717, 1.165) is 0 Å². The van der Waals surface area contributed by atoms with Crippen LogP contribution in [0.3, 0.4) is 0 Å². The van der Waals surface area contributed by atoms with Crippen LogP contribution in [0, 0.1) is 0 Å². The molecule has 0 spiro atoms. The fourth-order valence-electron chi connectivity index (χ4n) is 2.53. The summed E-state index contributed by atoms with van der Waals surface area (Å²) in [5.41, 5.74) is -0.312. The molecule has 0 saturated heterocycles. The SMILES string of the molecule is CCn1c(=O)c(=O)[nH]c2cc(C(=O)N(CC(=O)O)C(C)C)ccc21. The van der Waals surface area contributed by atoms with E-state index in [1.54, 1.807) is 26.8 Å². The van der Waals surface area contributed by atoms with E-state index in [1.807, 2.05) is 0 Å². The molecule has 0 aliphatic rings. The number of aryl methyl sites for hydroxylation is 1. The van der Waals surface area contributed by atoms with Crippen molar-refractivity contribution in [3.63, 3.8) is 0 Å². The lowest BCUT2D eigenvalue weighted by Gasteiger charge is -2.25. The molecule has 0 atom stereocenters. The van der Waals surface area contributed by atoms with Crippen LogP contribution < -0.4 is 11.1 Å². The molecule has 8 nitrogen and oxygen atoms in total. The van der Waals surface area contributed by atoms with Crippen molar-refractivity contribution in [2.24, 2.45) is 0 Å². The van der Waals surface area contributed by atoms with Gasteiger partial charge in [0.2, 0.25) is 0 Å². The minimum absolute atomic E-state index is 0.245. The van der Waals surface area contributed by atoms with Crippen LogP contribution in [0.4, 0.5) is 0 Å². The molecule has 1 aromatic heterocycles. The zero-order chi connectivity index (χ0) is 18.0. The Bertz CT molecular complexity index is 910. The molecular formula is C16H19N3O5. The summed E-state index contributed by atoms with van der Waals surface area (Å²) in [5, 5.41) is 8.96. The number of carbonyl (C=O) groups is 2. The van der Waals surface area contributed by atoms with E-state index in [2.05, 4.69) is 4.98 Å². The van der Waals surface area contributed by atoms with Crippen molar-refractivity contribution < 1.29 is 14.7 Å². The maximum atomic E-state index is 12.6. The van der Waals surface area contributed by atoms with Crippen LogP contribution >= 0.6 is 0 Å². The van der Waals surface area contributed by atoms with Crippen molar-refractivity contribution >= 4 is 22.9 Å². The summed E-state index contributed by atoms with van der Waals surface area (Å²) < 4.78 is 1.32. The fourth-order valence-corrected chi connectivity index (χ4v) is 2.53. The third-order valence-electron chi connectivity index (χ3n) is 3.73. The van der Waals surface area contributed by atoms with Gasteiger partial charge in [0.1, 0.15) is 6.54 Å². The van der Waals surface area contributed by atoms with Gasteiger partial charge >= 0.3 is 17.1 Å². The van der Waals surface area contributed by atoms with E-state index >= 15 is 0 Å². The monoisotopic (exact) mass is 333 g/mol. The summed E-state index contributed by atoms with van der Waals surface area (Å²) in [6, 6.07) is 4.25. The quantitative estimate of drug-likeness (QED) is 0.780. The molecule has 0 fully saturated rings. The molecule has 0 unspecified atom stereocenters. The molecule has 2 rings (SSSR count). The second-order valence-corrected chi connectivity index (χ2v) is 5.66. The molecule has 1 aromatic carbocycles. The lowest BCUT2D eigenvalue weighted by atomic mass is 10.1. The zero-order valence-electron chi connectivity index (χ0n) is 13.7. The molecule has 24 heavy (non-hydrogen) atoms. The van der Waals surface area contributed by atoms with Gasteiger partial charge in [0.15, 0.2) is 0 Å². The van der Waals surface area contributed by atoms with Crippen LogP contribution in [0.25, 0.3) is 11.0 Å². The summed E-state index contributed by atoms with van der Waals surface area (Å²) in [4.78, 5) is 50.8. The number of H-pyrrole nitrogens is 1. The molecule has 0 saturated carbocycles. The van der Waals surface area contributed by atoms with E-state index in [4.69, 9.17) is 5.11 Å². The number of hydrogen-bond donors (Lipinski definition) is 2. The minimum Gasteiger partial charge on any atom is -0.480 e. The van der Waals surface area contributed by atoms with Crippen LogP contribution in [0.2, 0.25) is 0 Å². The van der Waals surface area contributed by atoms with Gasteiger partial charge in [0, 0.05) is 18.2 Å². The molecule has 2 aromatic rings. The first-order valence-electron chi connectivity index (χ1n) is 7.55. The van der Waals surface area contributed by atoms with Crippen molar-refractivity contribution in [1.82, 2.24) is 14.5 Å². The highest BCUT2D eigenvalue weighted by Gasteiger charge is 2.22. The molecule has 0 radical (unpaired) electrons. The van der Waals surface area contributed by atoms with E-state index in [0.29, 0.717) is 17.6 Å². The van der Waals surface area contributed by atoms with Crippen LogP contribution in [-0.4, -0.2) is 44.0 Å². The second kappa shape index (κ2) is 6.69. The Balaban J connectivity index is 2.56. The van der Waals surface area contributed by atoms with Crippen molar-refractivity contribution in [2.75, 3.05) is 6.54 Å². The van der Waals surface area contributed by atoms with Gasteiger partial charge in [-0.2, -0.15) is 0 Å². The average Bonchev–Trinajstić information content (AvgIpc) is 2.52. The number of aliphatic carboxylic acids is 1. The highest BCUT2D eigenvalue weighted by atomic mass is 16.4. The number of benzene rings is 1. The highest BCUT2D eigenvalue weighted by molar-refractivity contribution is 5.98. The summed E-state index contributed by atoms with van der Waals surface area (Å²) in [6.45, 7) is 5.09. The summed E-state index contributed by atoms with van der Waals surface area (Å²) in [7, 11) is 0. The predicted molar refractivity (Wildman–Crippen MR) is 88.3 cm³/mol. The van der Waals surface area contributed by atoms with E-state index in [1.165, 1.54) is 21.6 Å².